The smallest absolute Gasteiger partial charge is 0.409 e. The van der Waals surface area contributed by atoms with Crippen molar-refractivity contribution >= 4 is 28.1 Å². The van der Waals surface area contributed by atoms with Crippen LogP contribution in [0.3, 0.4) is 0 Å². The number of ether oxygens (including phenoxy) is 3. The van der Waals surface area contributed by atoms with Crippen LogP contribution in [0.4, 0.5) is 4.79 Å². The number of methoxy groups -OCH3 is 2. The molecule has 0 bridgehead atoms. The molecule has 0 heterocycles. The van der Waals surface area contributed by atoms with Gasteiger partial charge in [0, 0.05) is 0 Å². The highest BCUT2D eigenvalue weighted by Gasteiger charge is 2.50. The molecule has 0 aliphatic heterocycles. The zero-order valence-electron chi connectivity index (χ0n) is 16.1. The van der Waals surface area contributed by atoms with Crippen molar-refractivity contribution in [3.8, 4) is 0 Å². The van der Waals surface area contributed by atoms with Crippen LogP contribution in [-0.2, 0) is 38.1 Å². The third-order valence-electron chi connectivity index (χ3n) is 3.05. The zero-order chi connectivity index (χ0) is 20.8. The maximum Gasteiger partial charge on any atom is 0.409 e. The van der Waals surface area contributed by atoms with Crippen LogP contribution in [0.2, 0.25) is 0 Å². The van der Waals surface area contributed by atoms with Gasteiger partial charge < -0.3 is 14.2 Å². The number of carbonyl (C=O) groups is 3. The lowest BCUT2D eigenvalue weighted by Gasteiger charge is -2.31. The first-order valence-electron chi connectivity index (χ1n) is 7.73. The predicted octanol–water partition coefficient (Wildman–Crippen LogP) is 0.741. The number of hydrogen-bond donors (Lipinski definition) is 1. The highest BCUT2D eigenvalue weighted by atomic mass is 32.2. The van der Waals surface area contributed by atoms with E-state index in [0.29, 0.717) is 0 Å². The molecule has 1 atom stereocenters. The highest BCUT2D eigenvalue weighted by molar-refractivity contribution is 7.86. The zero-order valence-corrected chi connectivity index (χ0v) is 16.9. The molecule has 0 aromatic carbocycles. The van der Waals surface area contributed by atoms with Gasteiger partial charge in [-0.3, -0.25) is 9.50 Å². The summed E-state index contributed by atoms with van der Waals surface area (Å²) in [5.74, 6) is -2.16. The Hall–Kier alpha value is -1.88. The van der Waals surface area contributed by atoms with E-state index in [0.717, 1.165) is 20.5 Å². The van der Waals surface area contributed by atoms with Crippen LogP contribution in [0, 0.1) is 0 Å². The van der Waals surface area contributed by atoms with Crippen molar-refractivity contribution in [2.45, 2.75) is 57.8 Å². The van der Waals surface area contributed by atoms with Crippen LogP contribution in [0.1, 0.15) is 40.5 Å². The molecule has 10 nitrogen and oxygen atoms in total. The standard InChI is InChI=1S/C15H27NO9S/c1-10(25-26(7,20)21)8-9-15(11(17)22-5,12(18)23-6)16-13(19)24-14(2,3)4/h10H,8-9H2,1-7H3,(H,16,19). The fraction of sp³-hybridized carbons (Fsp3) is 0.800. The molecule has 0 spiro atoms. The normalized spacial score (nSPS) is 13.5. The topological polar surface area (TPSA) is 134 Å². The maximum atomic E-state index is 12.3. The van der Waals surface area contributed by atoms with Crippen molar-refractivity contribution in [2.24, 2.45) is 0 Å². The summed E-state index contributed by atoms with van der Waals surface area (Å²) < 4.78 is 41.5. The van der Waals surface area contributed by atoms with Crippen molar-refractivity contribution in [1.29, 1.82) is 0 Å². The Labute approximate surface area is 153 Å². The van der Waals surface area contributed by atoms with Crippen molar-refractivity contribution in [3.63, 3.8) is 0 Å². The first kappa shape index (κ1) is 24.1. The second kappa shape index (κ2) is 9.17. The van der Waals surface area contributed by atoms with E-state index in [9.17, 15) is 22.8 Å². The maximum absolute atomic E-state index is 12.3. The Kier molecular flexibility index (Phi) is 8.51. The van der Waals surface area contributed by atoms with Gasteiger partial charge in [0.25, 0.3) is 10.1 Å². The Morgan fingerprint density at radius 1 is 1.04 bits per heavy atom. The molecule has 0 fully saturated rings. The van der Waals surface area contributed by atoms with Crippen LogP contribution in [0.15, 0.2) is 0 Å². The van der Waals surface area contributed by atoms with E-state index in [4.69, 9.17) is 8.92 Å². The molecule has 0 radical (unpaired) electrons. The van der Waals surface area contributed by atoms with E-state index in [1.165, 1.54) is 6.92 Å². The van der Waals surface area contributed by atoms with Crippen molar-refractivity contribution in [3.05, 3.63) is 0 Å². The highest BCUT2D eigenvalue weighted by Crippen LogP contribution is 2.21. The van der Waals surface area contributed by atoms with Crippen LogP contribution in [-0.4, -0.2) is 64.2 Å². The Balaban J connectivity index is 5.59. The third-order valence-corrected chi connectivity index (χ3v) is 3.73. The number of alkyl carbamates (subject to hydrolysis) is 1. The molecule has 0 saturated carbocycles. The Morgan fingerprint density at radius 3 is 1.85 bits per heavy atom. The summed E-state index contributed by atoms with van der Waals surface area (Å²) in [6, 6.07) is 0. The summed E-state index contributed by atoms with van der Waals surface area (Å²) in [7, 11) is -1.66. The lowest BCUT2D eigenvalue weighted by Crippen LogP contribution is -2.62. The van der Waals surface area contributed by atoms with Gasteiger partial charge in [-0.05, 0) is 40.5 Å². The molecule has 0 aliphatic rings. The second-order valence-corrected chi connectivity index (χ2v) is 8.27. The number of esters is 2. The second-order valence-electron chi connectivity index (χ2n) is 6.67. The van der Waals surface area contributed by atoms with Gasteiger partial charge in [0.15, 0.2) is 0 Å². The average molecular weight is 397 g/mol. The quantitative estimate of drug-likeness (QED) is 0.272. The van der Waals surface area contributed by atoms with Gasteiger partial charge in [-0.2, -0.15) is 8.42 Å². The minimum atomic E-state index is -3.73. The van der Waals surface area contributed by atoms with Crippen LogP contribution < -0.4 is 5.32 Å². The number of rotatable bonds is 8. The molecule has 1 amide bonds. The summed E-state index contributed by atoms with van der Waals surface area (Å²) in [5, 5.41) is 2.19. The van der Waals surface area contributed by atoms with Gasteiger partial charge in [0.05, 0.1) is 26.6 Å². The molecule has 26 heavy (non-hydrogen) atoms. The molecule has 0 aromatic heterocycles. The fourth-order valence-corrected chi connectivity index (χ4v) is 2.74. The van der Waals surface area contributed by atoms with E-state index in [1.807, 2.05) is 0 Å². The molecule has 1 N–H and O–H groups in total. The minimum Gasteiger partial charge on any atom is -0.467 e. The molecule has 11 heteroatoms. The van der Waals surface area contributed by atoms with E-state index >= 15 is 0 Å². The molecular formula is C15H27NO9S. The van der Waals surface area contributed by atoms with Gasteiger partial charge >= 0.3 is 18.0 Å². The molecular weight excluding hydrogens is 370 g/mol. The summed E-state index contributed by atoms with van der Waals surface area (Å²) >= 11 is 0. The summed E-state index contributed by atoms with van der Waals surface area (Å²) in [6.07, 6.45) is -1.44. The molecule has 0 rings (SSSR count). The van der Waals surface area contributed by atoms with E-state index in [-0.39, 0.29) is 12.8 Å². The SMILES string of the molecule is COC(=O)C(CCC(C)OS(C)(=O)=O)(NC(=O)OC(C)(C)C)C(=O)OC. The largest absolute Gasteiger partial charge is 0.467 e. The van der Waals surface area contributed by atoms with E-state index in [2.05, 4.69) is 14.8 Å². The molecule has 152 valence electrons. The lowest BCUT2D eigenvalue weighted by atomic mass is 9.92. The van der Waals surface area contributed by atoms with Crippen molar-refractivity contribution < 1.29 is 41.2 Å². The third kappa shape index (κ3) is 8.00. The fourth-order valence-electron chi connectivity index (χ4n) is 2.04. The molecule has 0 saturated heterocycles. The summed E-state index contributed by atoms with van der Waals surface area (Å²) in [5.41, 5.74) is -3.09. The Morgan fingerprint density at radius 2 is 1.50 bits per heavy atom. The minimum absolute atomic E-state index is 0.0763. The monoisotopic (exact) mass is 397 g/mol. The van der Waals surface area contributed by atoms with Crippen molar-refractivity contribution in [2.75, 3.05) is 20.5 Å². The van der Waals surface area contributed by atoms with E-state index in [1.54, 1.807) is 20.8 Å². The molecule has 1 unspecified atom stereocenters. The first-order valence-corrected chi connectivity index (χ1v) is 9.54. The number of carbonyl (C=O) groups excluding carboxylic acids is 3. The van der Waals surface area contributed by atoms with Crippen molar-refractivity contribution in [1.82, 2.24) is 5.32 Å². The number of amides is 1. The summed E-state index contributed by atoms with van der Waals surface area (Å²) in [6.45, 7) is 6.25. The van der Waals surface area contributed by atoms with Gasteiger partial charge in [-0.1, -0.05) is 0 Å². The number of hydrogen-bond acceptors (Lipinski definition) is 9. The van der Waals surface area contributed by atoms with E-state index < -0.39 is 45.4 Å². The van der Waals surface area contributed by atoms with Gasteiger partial charge in [-0.15, -0.1) is 0 Å². The van der Waals surface area contributed by atoms with Gasteiger partial charge in [0.1, 0.15) is 5.60 Å². The van der Waals surface area contributed by atoms with Crippen LogP contribution in [0.25, 0.3) is 0 Å². The van der Waals surface area contributed by atoms with Crippen LogP contribution >= 0.6 is 0 Å². The molecule has 0 aliphatic carbocycles. The molecule has 0 aromatic rings. The van der Waals surface area contributed by atoms with Gasteiger partial charge in [-0.25, -0.2) is 14.4 Å². The average Bonchev–Trinajstić information content (AvgIpc) is 2.46. The van der Waals surface area contributed by atoms with Gasteiger partial charge in [0.2, 0.25) is 5.54 Å². The Bertz CT molecular complexity index is 606. The first-order chi connectivity index (χ1) is 11.7. The van der Waals surface area contributed by atoms with Crippen LogP contribution in [0.5, 0.6) is 0 Å². The predicted molar refractivity (Wildman–Crippen MR) is 90.8 cm³/mol. The lowest BCUT2D eigenvalue weighted by molar-refractivity contribution is -0.164. The summed E-state index contributed by atoms with van der Waals surface area (Å²) in [4.78, 5) is 36.7. The number of nitrogens with one attached hydrogen (secondary N) is 1.